The van der Waals surface area contributed by atoms with Gasteiger partial charge in [-0.1, -0.05) is 0 Å². The first-order chi connectivity index (χ1) is 5.13. The highest BCUT2D eigenvalue weighted by molar-refractivity contribution is 5.67. The molecule has 0 atom stereocenters. The Bertz CT molecular complexity index is 114. The van der Waals surface area contributed by atoms with Gasteiger partial charge in [-0.3, -0.25) is 0 Å². The van der Waals surface area contributed by atoms with E-state index in [-0.39, 0.29) is 6.61 Å². The summed E-state index contributed by atoms with van der Waals surface area (Å²) in [5.41, 5.74) is 0. The van der Waals surface area contributed by atoms with E-state index in [2.05, 4.69) is 0 Å². The third-order valence-electron chi connectivity index (χ3n) is 1.11. The highest BCUT2D eigenvalue weighted by atomic mass is 16.5. The van der Waals surface area contributed by atoms with Crippen LogP contribution in [0.5, 0.6) is 0 Å². The Morgan fingerprint density at radius 1 is 1.45 bits per heavy atom. The van der Waals surface area contributed by atoms with Crippen LogP contribution in [0.2, 0.25) is 0 Å². The molecular formula is C7H14NO3. The molecule has 11 heavy (non-hydrogen) atoms. The average molecular weight is 160 g/mol. The van der Waals surface area contributed by atoms with Crippen molar-refractivity contribution in [2.24, 2.45) is 0 Å². The van der Waals surface area contributed by atoms with Crippen LogP contribution in [-0.2, 0) is 14.6 Å². The van der Waals surface area contributed by atoms with E-state index in [0.29, 0.717) is 6.61 Å². The zero-order valence-corrected chi connectivity index (χ0v) is 7.00. The molecule has 0 fully saturated rings. The Balaban J connectivity index is 2.97. The van der Waals surface area contributed by atoms with Gasteiger partial charge in [0.2, 0.25) is 0 Å². The van der Waals surface area contributed by atoms with Gasteiger partial charge in [-0.15, -0.1) is 0 Å². The maximum Gasteiger partial charge on any atom is 0.380 e. The Morgan fingerprint density at radius 3 is 2.55 bits per heavy atom. The van der Waals surface area contributed by atoms with Gasteiger partial charge in [-0.25, -0.2) is 9.90 Å². The predicted octanol–water partition coefficient (Wildman–Crippen LogP) is -0.0882. The van der Waals surface area contributed by atoms with Crippen LogP contribution in [0.1, 0.15) is 6.42 Å². The van der Waals surface area contributed by atoms with Crippen LogP contribution in [0.15, 0.2) is 0 Å². The van der Waals surface area contributed by atoms with Crippen molar-refractivity contribution in [3.63, 3.8) is 0 Å². The van der Waals surface area contributed by atoms with E-state index in [1.165, 1.54) is 0 Å². The summed E-state index contributed by atoms with van der Waals surface area (Å²) in [5.74, 6) is -1.16. The first-order valence-corrected chi connectivity index (χ1v) is 3.55. The molecule has 0 bridgehead atoms. The third kappa shape index (κ3) is 9.39. The zero-order chi connectivity index (χ0) is 8.69. The van der Waals surface area contributed by atoms with Crippen molar-refractivity contribution in [1.82, 2.24) is 4.90 Å². The first-order valence-electron chi connectivity index (χ1n) is 3.55. The van der Waals surface area contributed by atoms with Crippen LogP contribution < -0.4 is 0 Å². The summed E-state index contributed by atoms with van der Waals surface area (Å²) < 4.78 is 4.76. The molecule has 4 nitrogen and oxygen atoms in total. The van der Waals surface area contributed by atoms with Crippen molar-refractivity contribution >= 4 is 5.97 Å². The van der Waals surface area contributed by atoms with E-state index in [9.17, 15) is 9.90 Å². The minimum atomic E-state index is -1.16. The molecule has 1 radical (unpaired) electrons. The number of carbonyl (C=O) groups is 1. The maximum absolute atomic E-state index is 9.85. The molecule has 0 aromatic heterocycles. The van der Waals surface area contributed by atoms with Crippen LogP contribution >= 0.6 is 0 Å². The average Bonchev–Trinajstić information content (AvgIpc) is 1.85. The molecule has 0 aliphatic rings. The molecule has 0 N–H and O–H groups in total. The van der Waals surface area contributed by atoms with Crippen molar-refractivity contribution < 1.29 is 14.6 Å². The van der Waals surface area contributed by atoms with Gasteiger partial charge in [0.1, 0.15) is 6.61 Å². The molecule has 0 heterocycles. The smallest absolute Gasteiger partial charge is 0.370 e. The highest BCUT2D eigenvalue weighted by Gasteiger charge is 1.98. The van der Waals surface area contributed by atoms with E-state index in [1.807, 2.05) is 19.0 Å². The highest BCUT2D eigenvalue weighted by Crippen LogP contribution is 1.85. The second-order valence-electron chi connectivity index (χ2n) is 2.58. The molecule has 0 saturated carbocycles. The van der Waals surface area contributed by atoms with Crippen molar-refractivity contribution in [3.8, 4) is 0 Å². The Labute approximate surface area is 66.8 Å². The summed E-state index contributed by atoms with van der Waals surface area (Å²) in [5, 5.41) is 9.85. The van der Waals surface area contributed by atoms with Gasteiger partial charge in [0.25, 0.3) is 0 Å². The lowest BCUT2D eigenvalue weighted by Crippen LogP contribution is -2.16. The number of ether oxygens (including phenoxy) is 1. The molecule has 0 aliphatic carbocycles. The van der Waals surface area contributed by atoms with E-state index >= 15 is 0 Å². The van der Waals surface area contributed by atoms with Gasteiger partial charge in [-0.05, 0) is 27.1 Å². The van der Waals surface area contributed by atoms with Gasteiger partial charge in [-0.2, -0.15) is 0 Å². The van der Waals surface area contributed by atoms with Crippen molar-refractivity contribution in [1.29, 1.82) is 0 Å². The van der Waals surface area contributed by atoms with Gasteiger partial charge < -0.3 is 9.64 Å². The lowest BCUT2D eigenvalue weighted by molar-refractivity contribution is -0.148. The number of rotatable bonds is 6. The molecule has 0 aromatic rings. The quantitative estimate of drug-likeness (QED) is 0.510. The zero-order valence-electron chi connectivity index (χ0n) is 7.00. The third-order valence-corrected chi connectivity index (χ3v) is 1.11. The molecule has 0 saturated heterocycles. The summed E-state index contributed by atoms with van der Waals surface area (Å²) in [4.78, 5) is 11.9. The molecule has 0 aromatic carbocycles. The topological polar surface area (TPSA) is 49.4 Å². The van der Waals surface area contributed by atoms with Crippen LogP contribution in [0.3, 0.4) is 0 Å². The number of hydrogen-bond acceptors (Lipinski definition) is 3. The van der Waals surface area contributed by atoms with Gasteiger partial charge in [0.05, 0.1) is 0 Å². The molecular weight excluding hydrogens is 146 g/mol. The molecule has 0 unspecified atom stereocenters. The van der Waals surface area contributed by atoms with Crippen molar-refractivity contribution in [2.45, 2.75) is 6.42 Å². The monoisotopic (exact) mass is 160 g/mol. The second kappa shape index (κ2) is 6.12. The fraction of sp³-hybridized carbons (Fsp3) is 0.857. The largest absolute Gasteiger partial charge is 0.380 e. The van der Waals surface area contributed by atoms with Gasteiger partial charge in [0.15, 0.2) is 0 Å². The number of nitrogens with zero attached hydrogens (tertiary/aromatic N) is 1. The molecule has 0 spiro atoms. The SMILES string of the molecule is CN(C)CCCOCC([O])=O. The first kappa shape index (κ1) is 10.4. The summed E-state index contributed by atoms with van der Waals surface area (Å²) in [6.07, 6.45) is 0.847. The van der Waals surface area contributed by atoms with Crippen LogP contribution in [0.4, 0.5) is 0 Å². The molecule has 0 aliphatic heterocycles. The summed E-state index contributed by atoms with van der Waals surface area (Å²) >= 11 is 0. The van der Waals surface area contributed by atoms with Crippen molar-refractivity contribution in [3.05, 3.63) is 0 Å². The van der Waals surface area contributed by atoms with Gasteiger partial charge >= 0.3 is 5.97 Å². The minimum Gasteiger partial charge on any atom is -0.370 e. The predicted molar refractivity (Wildman–Crippen MR) is 39.7 cm³/mol. The Kier molecular flexibility index (Phi) is 5.78. The second-order valence-corrected chi connectivity index (χ2v) is 2.58. The molecule has 65 valence electrons. The summed E-state index contributed by atoms with van der Waals surface area (Å²) in [6, 6.07) is 0. The molecule has 4 heteroatoms. The van der Waals surface area contributed by atoms with Gasteiger partial charge in [0, 0.05) is 6.61 Å². The molecule has 0 amide bonds. The standard InChI is InChI=1S/C7H14NO3/c1-8(2)4-3-5-11-6-7(9)10/h3-6H2,1-2H3. The number of carbonyl (C=O) groups excluding carboxylic acids is 1. The maximum atomic E-state index is 9.85. The van der Waals surface area contributed by atoms with Crippen LogP contribution in [0.25, 0.3) is 0 Å². The summed E-state index contributed by atoms with van der Waals surface area (Å²) in [7, 11) is 3.91. The molecule has 0 rings (SSSR count). The van der Waals surface area contributed by atoms with Crippen LogP contribution in [0, 0.1) is 0 Å². The lowest BCUT2D eigenvalue weighted by Gasteiger charge is -2.07. The number of hydrogen-bond donors (Lipinski definition) is 0. The van der Waals surface area contributed by atoms with E-state index in [4.69, 9.17) is 4.74 Å². The van der Waals surface area contributed by atoms with E-state index < -0.39 is 5.97 Å². The Hall–Kier alpha value is -0.610. The van der Waals surface area contributed by atoms with Crippen LogP contribution in [-0.4, -0.2) is 44.7 Å². The minimum absolute atomic E-state index is 0.298. The fourth-order valence-electron chi connectivity index (χ4n) is 0.638. The van der Waals surface area contributed by atoms with E-state index in [0.717, 1.165) is 13.0 Å². The Morgan fingerprint density at radius 2 is 2.09 bits per heavy atom. The fourth-order valence-corrected chi connectivity index (χ4v) is 0.638. The van der Waals surface area contributed by atoms with Crippen molar-refractivity contribution in [2.75, 3.05) is 33.9 Å². The lowest BCUT2D eigenvalue weighted by atomic mass is 10.4. The normalized spacial score (nSPS) is 10.5. The van der Waals surface area contributed by atoms with E-state index in [1.54, 1.807) is 0 Å². The summed E-state index contributed by atoms with van der Waals surface area (Å²) in [6.45, 7) is 1.09.